The van der Waals surface area contributed by atoms with Gasteiger partial charge in [0.05, 0.1) is 0 Å². The normalized spacial score (nSPS) is 11.3. The summed E-state index contributed by atoms with van der Waals surface area (Å²) < 4.78 is 0. The summed E-state index contributed by atoms with van der Waals surface area (Å²) >= 11 is 1.87. The minimum Gasteiger partial charge on any atom is -0.289 e. The van der Waals surface area contributed by atoms with Crippen molar-refractivity contribution in [2.24, 2.45) is 0 Å². The molecule has 0 aliphatic rings. The van der Waals surface area contributed by atoms with Crippen molar-refractivity contribution in [1.82, 2.24) is 0 Å². The second-order valence-electron chi connectivity index (χ2n) is 5.41. The quantitative estimate of drug-likeness (QED) is 0.590. The van der Waals surface area contributed by atoms with Crippen LogP contribution in [-0.4, -0.2) is 13.0 Å². The van der Waals surface area contributed by atoms with Gasteiger partial charge in [0.15, 0.2) is 5.78 Å². The molecule has 0 atom stereocenters. The van der Waals surface area contributed by atoms with Crippen molar-refractivity contribution in [1.29, 1.82) is 0 Å². The lowest BCUT2D eigenvalue weighted by Gasteiger charge is -2.17. The third kappa shape index (κ3) is 3.82. The summed E-state index contributed by atoms with van der Waals surface area (Å²) in [4.78, 5) is 13.7. The SMILES string of the molecule is C[Si](C)(C)Sc1ccccc1C(=O)c1ccccc1. The molecule has 0 aliphatic carbocycles. The Hall–Kier alpha value is -1.32. The first-order valence-electron chi connectivity index (χ1n) is 6.35. The lowest BCUT2D eigenvalue weighted by atomic mass is 10.0. The molecule has 19 heavy (non-hydrogen) atoms. The Balaban J connectivity index is 2.38. The van der Waals surface area contributed by atoms with Gasteiger partial charge < -0.3 is 0 Å². The molecule has 0 aromatic heterocycles. The average molecular weight is 286 g/mol. The third-order valence-electron chi connectivity index (χ3n) is 2.58. The van der Waals surface area contributed by atoms with E-state index in [2.05, 4.69) is 25.7 Å². The molecule has 0 aliphatic heterocycles. The van der Waals surface area contributed by atoms with E-state index in [9.17, 15) is 4.79 Å². The summed E-state index contributed by atoms with van der Waals surface area (Å²) in [6.45, 7) is 6.88. The van der Waals surface area contributed by atoms with E-state index in [0.29, 0.717) is 0 Å². The zero-order valence-corrected chi connectivity index (χ0v) is 13.3. The van der Waals surface area contributed by atoms with E-state index < -0.39 is 7.22 Å². The van der Waals surface area contributed by atoms with Crippen LogP contribution in [0, 0.1) is 0 Å². The van der Waals surface area contributed by atoms with Gasteiger partial charge in [-0.1, -0.05) is 62.1 Å². The molecule has 0 bridgehead atoms. The van der Waals surface area contributed by atoms with Crippen molar-refractivity contribution < 1.29 is 4.79 Å². The fraction of sp³-hybridized carbons (Fsp3) is 0.188. The van der Waals surface area contributed by atoms with Crippen LogP contribution in [0.2, 0.25) is 19.6 Å². The smallest absolute Gasteiger partial charge is 0.194 e. The van der Waals surface area contributed by atoms with Gasteiger partial charge in [-0.25, -0.2) is 0 Å². The highest BCUT2D eigenvalue weighted by Crippen LogP contribution is 2.32. The highest BCUT2D eigenvalue weighted by molar-refractivity contribution is 8.28. The van der Waals surface area contributed by atoms with E-state index >= 15 is 0 Å². The van der Waals surface area contributed by atoms with Crippen LogP contribution in [-0.2, 0) is 0 Å². The van der Waals surface area contributed by atoms with Crippen molar-refractivity contribution in [2.75, 3.05) is 0 Å². The topological polar surface area (TPSA) is 17.1 Å². The van der Waals surface area contributed by atoms with E-state index in [1.54, 1.807) is 0 Å². The maximum atomic E-state index is 12.6. The Morgan fingerprint density at radius 2 is 1.47 bits per heavy atom. The van der Waals surface area contributed by atoms with Gasteiger partial charge in [0.2, 0.25) is 0 Å². The van der Waals surface area contributed by atoms with E-state index in [-0.39, 0.29) is 5.78 Å². The standard InChI is InChI=1S/C16H18OSSi/c1-19(2,3)18-15-12-8-7-11-14(15)16(17)13-9-5-4-6-10-13/h4-12H,1-3H3. The first-order valence-corrected chi connectivity index (χ1v) is 11.4. The largest absolute Gasteiger partial charge is 0.289 e. The van der Waals surface area contributed by atoms with Crippen molar-refractivity contribution in [3.63, 3.8) is 0 Å². The van der Waals surface area contributed by atoms with E-state index in [1.165, 1.54) is 0 Å². The average Bonchev–Trinajstić information content (AvgIpc) is 2.38. The number of carbonyl (C=O) groups is 1. The zero-order chi connectivity index (χ0) is 13.9. The zero-order valence-electron chi connectivity index (χ0n) is 11.5. The van der Waals surface area contributed by atoms with Crippen molar-refractivity contribution >= 4 is 24.2 Å². The van der Waals surface area contributed by atoms with Gasteiger partial charge in [-0.05, 0) is 12.1 Å². The molecule has 0 radical (unpaired) electrons. The molecule has 0 amide bonds. The monoisotopic (exact) mass is 286 g/mol. The molecule has 2 aromatic rings. The predicted molar refractivity (Wildman–Crippen MR) is 85.5 cm³/mol. The number of hydrogen-bond acceptors (Lipinski definition) is 2. The molecular formula is C16H18OSSi. The summed E-state index contributed by atoms with van der Waals surface area (Å²) in [6.07, 6.45) is 0. The van der Waals surface area contributed by atoms with Crippen LogP contribution < -0.4 is 0 Å². The van der Waals surface area contributed by atoms with Crippen molar-refractivity contribution in [3.05, 3.63) is 65.7 Å². The maximum Gasteiger partial charge on any atom is 0.194 e. The van der Waals surface area contributed by atoms with Crippen LogP contribution in [0.1, 0.15) is 15.9 Å². The van der Waals surface area contributed by atoms with Crippen molar-refractivity contribution in [2.45, 2.75) is 24.5 Å². The second kappa shape index (κ2) is 5.76. The maximum absolute atomic E-state index is 12.6. The molecule has 98 valence electrons. The van der Waals surface area contributed by atoms with Gasteiger partial charge in [-0.2, -0.15) is 11.2 Å². The lowest BCUT2D eigenvalue weighted by Crippen LogP contribution is -2.15. The molecule has 0 heterocycles. The van der Waals surface area contributed by atoms with Crippen LogP contribution in [0.4, 0.5) is 0 Å². The summed E-state index contributed by atoms with van der Waals surface area (Å²) in [5.74, 6) is 0.113. The molecule has 0 saturated heterocycles. The van der Waals surface area contributed by atoms with E-state index in [4.69, 9.17) is 0 Å². The number of hydrogen-bond donors (Lipinski definition) is 0. The molecule has 0 spiro atoms. The van der Waals surface area contributed by atoms with Crippen LogP contribution in [0.3, 0.4) is 0 Å². The Kier molecular flexibility index (Phi) is 4.27. The lowest BCUT2D eigenvalue weighted by molar-refractivity contribution is 0.103. The van der Waals surface area contributed by atoms with Crippen LogP contribution in [0.15, 0.2) is 59.5 Å². The number of carbonyl (C=O) groups excluding carboxylic acids is 1. The minimum atomic E-state index is -1.31. The first kappa shape index (κ1) is 14.1. The highest BCUT2D eigenvalue weighted by Gasteiger charge is 2.20. The minimum absolute atomic E-state index is 0.113. The van der Waals surface area contributed by atoms with Gasteiger partial charge in [0.1, 0.15) is 7.22 Å². The Morgan fingerprint density at radius 3 is 2.11 bits per heavy atom. The molecule has 2 aromatic carbocycles. The van der Waals surface area contributed by atoms with Gasteiger partial charge in [-0.3, -0.25) is 4.79 Å². The fourth-order valence-corrected chi connectivity index (χ4v) is 5.41. The van der Waals surface area contributed by atoms with Gasteiger partial charge >= 0.3 is 0 Å². The summed E-state index contributed by atoms with van der Waals surface area (Å²) in [6, 6.07) is 17.4. The molecule has 1 nitrogen and oxygen atoms in total. The second-order valence-corrected chi connectivity index (χ2v) is 14.6. The molecule has 0 unspecified atom stereocenters. The van der Waals surface area contributed by atoms with Gasteiger partial charge in [0, 0.05) is 16.0 Å². The van der Waals surface area contributed by atoms with Crippen molar-refractivity contribution in [3.8, 4) is 0 Å². The van der Waals surface area contributed by atoms with Gasteiger partial charge in [-0.15, -0.1) is 0 Å². The number of benzene rings is 2. The molecule has 0 saturated carbocycles. The summed E-state index contributed by atoms with van der Waals surface area (Å²) in [5.41, 5.74) is 1.58. The predicted octanol–water partition coefficient (Wildman–Crippen LogP) is 4.84. The van der Waals surface area contributed by atoms with Crippen LogP contribution in [0.5, 0.6) is 0 Å². The molecule has 3 heteroatoms. The third-order valence-corrected chi connectivity index (χ3v) is 6.27. The first-order chi connectivity index (χ1) is 8.97. The summed E-state index contributed by atoms with van der Waals surface area (Å²) in [7, 11) is -1.31. The molecule has 0 fully saturated rings. The van der Waals surface area contributed by atoms with Crippen LogP contribution in [0.25, 0.3) is 0 Å². The molecule has 0 N–H and O–H groups in total. The molecular weight excluding hydrogens is 268 g/mol. The van der Waals surface area contributed by atoms with Crippen LogP contribution >= 0.6 is 11.2 Å². The number of ketones is 1. The van der Waals surface area contributed by atoms with E-state index in [1.807, 2.05) is 59.7 Å². The van der Waals surface area contributed by atoms with E-state index in [0.717, 1.165) is 16.0 Å². The van der Waals surface area contributed by atoms with Gasteiger partial charge in [0.25, 0.3) is 0 Å². The number of rotatable bonds is 4. The molecule has 2 rings (SSSR count). The summed E-state index contributed by atoms with van der Waals surface area (Å²) in [5, 5.41) is 0. The Bertz CT molecular complexity index is 573. The fourth-order valence-electron chi connectivity index (χ4n) is 1.82. The Morgan fingerprint density at radius 1 is 0.895 bits per heavy atom. The Labute approximate surface area is 119 Å². The highest BCUT2D eigenvalue weighted by atomic mass is 32.4.